The minimum Gasteiger partial charge on any atom is -0.364 e. The second-order valence-corrected chi connectivity index (χ2v) is 5.84. The van der Waals surface area contributed by atoms with Crippen LogP contribution in [0.3, 0.4) is 0 Å². The molecule has 1 aliphatic rings. The number of carbonyl (C=O) groups is 1. The van der Waals surface area contributed by atoms with Crippen molar-refractivity contribution in [2.45, 2.75) is 19.4 Å². The van der Waals surface area contributed by atoms with E-state index in [9.17, 15) is 4.79 Å². The summed E-state index contributed by atoms with van der Waals surface area (Å²) in [5.41, 5.74) is 0. The molecule has 0 spiro atoms. The summed E-state index contributed by atoms with van der Waals surface area (Å²) in [6.45, 7) is 2.63. The predicted octanol–water partition coefficient (Wildman–Crippen LogP) is 1.95. The third kappa shape index (κ3) is 2.13. The molecule has 1 aliphatic heterocycles. The van der Waals surface area contributed by atoms with E-state index in [1.165, 1.54) is 0 Å². The molecule has 94 valence electrons. The Kier molecular flexibility index (Phi) is 2.83. The highest BCUT2D eigenvalue weighted by atomic mass is 35.5. The van der Waals surface area contributed by atoms with Gasteiger partial charge in [0, 0.05) is 17.8 Å². The van der Waals surface area contributed by atoms with Gasteiger partial charge in [-0.15, -0.1) is 11.3 Å². The van der Waals surface area contributed by atoms with Crippen LogP contribution in [0.4, 0.5) is 5.82 Å². The maximum atomic E-state index is 11.2. The summed E-state index contributed by atoms with van der Waals surface area (Å²) >= 11 is 7.49. The maximum Gasteiger partial charge on any atom is 0.225 e. The van der Waals surface area contributed by atoms with E-state index >= 15 is 0 Å². The molecule has 1 unspecified atom stereocenters. The number of aryl methyl sites for hydroxylation is 1. The van der Waals surface area contributed by atoms with E-state index in [0.29, 0.717) is 18.8 Å². The minimum atomic E-state index is 0.0606. The Morgan fingerprint density at radius 2 is 2.39 bits per heavy atom. The van der Waals surface area contributed by atoms with E-state index < -0.39 is 0 Å². The van der Waals surface area contributed by atoms with Crippen molar-refractivity contribution >= 4 is 44.9 Å². The molecule has 2 aromatic rings. The van der Waals surface area contributed by atoms with Crippen LogP contribution >= 0.6 is 22.9 Å². The first kappa shape index (κ1) is 11.7. The summed E-state index contributed by atoms with van der Waals surface area (Å²) in [5, 5.41) is 7.22. The molecule has 0 bridgehead atoms. The zero-order valence-corrected chi connectivity index (χ0v) is 11.2. The number of aromatic nitrogens is 2. The lowest BCUT2D eigenvalue weighted by atomic mass is 10.2. The van der Waals surface area contributed by atoms with Crippen molar-refractivity contribution < 1.29 is 4.79 Å². The Bertz CT molecular complexity index is 627. The molecule has 5 nitrogen and oxygen atoms in total. The molecule has 0 saturated carbocycles. The van der Waals surface area contributed by atoms with Crippen molar-refractivity contribution in [3.05, 3.63) is 16.2 Å². The van der Waals surface area contributed by atoms with Crippen LogP contribution in [0, 0.1) is 6.92 Å². The number of hydrogen-bond acceptors (Lipinski definition) is 5. The van der Waals surface area contributed by atoms with Crippen LogP contribution in [-0.2, 0) is 4.79 Å². The lowest BCUT2D eigenvalue weighted by molar-refractivity contribution is -0.119. The summed E-state index contributed by atoms with van der Waals surface area (Å²) in [7, 11) is 0. The fourth-order valence-corrected chi connectivity index (χ4v) is 3.13. The fraction of sp³-hybridized carbons (Fsp3) is 0.364. The Morgan fingerprint density at radius 3 is 3.11 bits per heavy atom. The predicted molar refractivity (Wildman–Crippen MR) is 72.2 cm³/mol. The van der Waals surface area contributed by atoms with Crippen LogP contribution in [0.2, 0.25) is 5.28 Å². The van der Waals surface area contributed by atoms with Crippen molar-refractivity contribution in [2.75, 3.05) is 11.9 Å². The van der Waals surface area contributed by atoms with Crippen LogP contribution < -0.4 is 10.6 Å². The molecular weight excluding hydrogens is 272 g/mol. The Morgan fingerprint density at radius 1 is 1.56 bits per heavy atom. The topological polar surface area (TPSA) is 66.9 Å². The molecule has 2 N–H and O–H groups in total. The first-order valence-electron chi connectivity index (χ1n) is 5.59. The van der Waals surface area contributed by atoms with Gasteiger partial charge in [0.25, 0.3) is 0 Å². The summed E-state index contributed by atoms with van der Waals surface area (Å²) in [6, 6.07) is 2.09. The van der Waals surface area contributed by atoms with Gasteiger partial charge in [0.1, 0.15) is 10.6 Å². The highest BCUT2D eigenvalue weighted by molar-refractivity contribution is 7.18. The molecule has 7 heteroatoms. The Hall–Kier alpha value is -1.40. The van der Waals surface area contributed by atoms with E-state index in [1.54, 1.807) is 11.3 Å². The van der Waals surface area contributed by atoms with E-state index in [0.717, 1.165) is 15.1 Å². The van der Waals surface area contributed by atoms with Crippen LogP contribution in [0.25, 0.3) is 10.2 Å². The molecule has 2 aromatic heterocycles. The molecule has 1 amide bonds. The number of halogens is 1. The molecule has 1 fully saturated rings. The molecular formula is C11H11ClN4OS. The number of nitrogens with one attached hydrogen (secondary N) is 2. The average Bonchev–Trinajstić information content (AvgIpc) is 2.84. The van der Waals surface area contributed by atoms with Gasteiger partial charge in [-0.25, -0.2) is 9.97 Å². The molecule has 0 aromatic carbocycles. The molecule has 0 radical (unpaired) electrons. The van der Waals surface area contributed by atoms with E-state index in [2.05, 4.69) is 20.6 Å². The molecule has 3 rings (SSSR count). The highest BCUT2D eigenvalue weighted by Gasteiger charge is 2.22. The standard InChI is InChI=1S/C11H11ClN4OS/c1-5-2-7-9(14-6-3-8(17)13-4-6)15-11(12)16-10(7)18-5/h2,6H,3-4H2,1H3,(H,13,17)(H,14,15,16). The van der Waals surface area contributed by atoms with Gasteiger partial charge in [0.15, 0.2) is 0 Å². The number of thiophene rings is 1. The lowest BCUT2D eigenvalue weighted by Crippen LogP contribution is -2.23. The van der Waals surface area contributed by atoms with Crippen LogP contribution in [0.15, 0.2) is 6.07 Å². The zero-order valence-electron chi connectivity index (χ0n) is 9.66. The number of rotatable bonds is 2. The molecule has 3 heterocycles. The van der Waals surface area contributed by atoms with Crippen LogP contribution in [-0.4, -0.2) is 28.5 Å². The van der Waals surface area contributed by atoms with Crippen LogP contribution in [0.5, 0.6) is 0 Å². The van der Waals surface area contributed by atoms with E-state index in [4.69, 9.17) is 11.6 Å². The number of nitrogens with zero attached hydrogens (tertiary/aromatic N) is 2. The number of anilines is 1. The number of hydrogen-bond donors (Lipinski definition) is 2. The molecule has 0 aliphatic carbocycles. The summed E-state index contributed by atoms with van der Waals surface area (Å²) in [6.07, 6.45) is 0.465. The maximum absolute atomic E-state index is 11.2. The smallest absolute Gasteiger partial charge is 0.225 e. The quantitative estimate of drug-likeness (QED) is 0.826. The first-order chi connectivity index (χ1) is 8.61. The first-order valence-corrected chi connectivity index (χ1v) is 6.78. The van der Waals surface area contributed by atoms with Gasteiger partial charge >= 0.3 is 0 Å². The van der Waals surface area contributed by atoms with Crippen LogP contribution in [0.1, 0.15) is 11.3 Å². The third-order valence-corrected chi connectivity index (χ3v) is 3.92. The number of fused-ring (bicyclic) bond motifs is 1. The van der Waals surface area contributed by atoms with Gasteiger partial charge in [-0.05, 0) is 24.6 Å². The Balaban J connectivity index is 1.97. The van der Waals surface area contributed by atoms with Crippen molar-refractivity contribution in [2.24, 2.45) is 0 Å². The SMILES string of the molecule is Cc1cc2c(NC3CNC(=O)C3)nc(Cl)nc2s1. The largest absolute Gasteiger partial charge is 0.364 e. The highest BCUT2D eigenvalue weighted by Crippen LogP contribution is 2.30. The summed E-state index contributed by atoms with van der Waals surface area (Å²) in [4.78, 5) is 21.6. The zero-order chi connectivity index (χ0) is 12.7. The second-order valence-electron chi connectivity index (χ2n) is 4.27. The third-order valence-electron chi connectivity index (χ3n) is 2.81. The van der Waals surface area contributed by atoms with Gasteiger partial charge in [0.2, 0.25) is 11.2 Å². The van der Waals surface area contributed by atoms with Crippen molar-refractivity contribution in [3.8, 4) is 0 Å². The van der Waals surface area contributed by atoms with Gasteiger partial charge in [-0.1, -0.05) is 0 Å². The molecule has 18 heavy (non-hydrogen) atoms. The molecule has 1 atom stereocenters. The molecule has 1 saturated heterocycles. The van der Waals surface area contributed by atoms with Gasteiger partial charge < -0.3 is 10.6 Å². The Labute approximate surface area is 113 Å². The minimum absolute atomic E-state index is 0.0606. The number of carbonyl (C=O) groups excluding carboxylic acids is 1. The van der Waals surface area contributed by atoms with Crippen molar-refractivity contribution in [3.63, 3.8) is 0 Å². The van der Waals surface area contributed by atoms with Gasteiger partial charge in [-0.3, -0.25) is 4.79 Å². The lowest BCUT2D eigenvalue weighted by Gasteiger charge is -2.11. The monoisotopic (exact) mass is 282 g/mol. The number of amides is 1. The van der Waals surface area contributed by atoms with Gasteiger partial charge in [-0.2, -0.15) is 0 Å². The van der Waals surface area contributed by atoms with E-state index in [-0.39, 0.29) is 17.2 Å². The van der Waals surface area contributed by atoms with Gasteiger partial charge in [0.05, 0.1) is 11.4 Å². The second kappa shape index (κ2) is 4.37. The summed E-state index contributed by atoms with van der Waals surface area (Å²) in [5.74, 6) is 0.765. The fourth-order valence-electron chi connectivity index (χ4n) is 2.03. The van der Waals surface area contributed by atoms with E-state index in [1.807, 2.05) is 13.0 Å². The average molecular weight is 283 g/mol. The summed E-state index contributed by atoms with van der Waals surface area (Å²) < 4.78 is 0. The van der Waals surface area contributed by atoms with Crippen molar-refractivity contribution in [1.82, 2.24) is 15.3 Å². The normalized spacial score (nSPS) is 19.2. The van der Waals surface area contributed by atoms with Crippen molar-refractivity contribution in [1.29, 1.82) is 0 Å².